The SMILES string of the molecule is CCCCOC(=O)c1ccc(NC(=O)COC(=O)[C@H]2CC(=O)N(NC(=O)c3ccc(Br)cc3)C2)cc1. The van der Waals surface area contributed by atoms with Crippen LogP contribution in [0.1, 0.15) is 46.9 Å². The van der Waals surface area contributed by atoms with Gasteiger partial charge in [-0.25, -0.2) is 4.79 Å². The summed E-state index contributed by atoms with van der Waals surface area (Å²) in [7, 11) is 0. The molecule has 2 aromatic carbocycles. The van der Waals surface area contributed by atoms with E-state index in [-0.39, 0.29) is 13.0 Å². The highest BCUT2D eigenvalue weighted by Gasteiger charge is 2.36. The molecule has 3 amide bonds. The molecule has 1 aliphatic rings. The molecular formula is C25H26BrN3O7. The fourth-order valence-corrected chi connectivity index (χ4v) is 3.56. The summed E-state index contributed by atoms with van der Waals surface area (Å²) in [5, 5.41) is 3.64. The van der Waals surface area contributed by atoms with Crippen LogP contribution in [-0.4, -0.2) is 54.4 Å². The molecule has 36 heavy (non-hydrogen) atoms. The number of carbonyl (C=O) groups is 5. The summed E-state index contributed by atoms with van der Waals surface area (Å²) in [4.78, 5) is 61.0. The molecule has 2 aromatic rings. The number of anilines is 1. The number of halogens is 1. The zero-order chi connectivity index (χ0) is 26.1. The number of hydrogen-bond donors (Lipinski definition) is 2. The number of ether oxygens (including phenoxy) is 2. The molecule has 1 fully saturated rings. The molecular weight excluding hydrogens is 534 g/mol. The van der Waals surface area contributed by atoms with Crippen LogP contribution >= 0.6 is 15.9 Å². The molecule has 0 unspecified atom stereocenters. The van der Waals surface area contributed by atoms with E-state index in [1.54, 1.807) is 24.3 Å². The summed E-state index contributed by atoms with van der Waals surface area (Å²) in [6.45, 7) is 1.74. The number of carbonyl (C=O) groups excluding carboxylic acids is 5. The van der Waals surface area contributed by atoms with E-state index < -0.39 is 42.2 Å². The Morgan fingerprint density at radius 2 is 1.67 bits per heavy atom. The van der Waals surface area contributed by atoms with Crippen molar-refractivity contribution in [1.29, 1.82) is 0 Å². The Morgan fingerprint density at radius 1 is 1.00 bits per heavy atom. The van der Waals surface area contributed by atoms with E-state index in [2.05, 4.69) is 26.7 Å². The largest absolute Gasteiger partial charge is 0.462 e. The fourth-order valence-electron chi connectivity index (χ4n) is 3.30. The highest BCUT2D eigenvalue weighted by Crippen LogP contribution is 2.18. The Hall–Kier alpha value is -3.73. The Balaban J connectivity index is 1.42. The molecule has 2 N–H and O–H groups in total. The molecule has 0 aromatic heterocycles. The van der Waals surface area contributed by atoms with Crippen LogP contribution in [0.2, 0.25) is 0 Å². The van der Waals surface area contributed by atoms with Crippen molar-refractivity contribution in [1.82, 2.24) is 10.4 Å². The molecule has 3 rings (SSSR count). The van der Waals surface area contributed by atoms with E-state index in [9.17, 15) is 24.0 Å². The monoisotopic (exact) mass is 559 g/mol. The van der Waals surface area contributed by atoms with Crippen molar-refractivity contribution in [3.8, 4) is 0 Å². The number of benzene rings is 2. The van der Waals surface area contributed by atoms with E-state index >= 15 is 0 Å². The first-order chi connectivity index (χ1) is 17.3. The van der Waals surface area contributed by atoms with Gasteiger partial charge in [-0.05, 0) is 55.0 Å². The van der Waals surface area contributed by atoms with Gasteiger partial charge in [-0.3, -0.25) is 29.6 Å². The number of hydrogen-bond acceptors (Lipinski definition) is 7. The van der Waals surface area contributed by atoms with Gasteiger partial charge in [0.2, 0.25) is 5.91 Å². The molecule has 190 valence electrons. The number of unbranched alkanes of at least 4 members (excludes halogenated alkanes) is 1. The Morgan fingerprint density at radius 3 is 2.33 bits per heavy atom. The van der Waals surface area contributed by atoms with Crippen LogP contribution in [0.25, 0.3) is 0 Å². The second-order valence-electron chi connectivity index (χ2n) is 8.08. The highest BCUT2D eigenvalue weighted by atomic mass is 79.9. The van der Waals surface area contributed by atoms with Crippen LogP contribution in [0, 0.1) is 5.92 Å². The average Bonchev–Trinajstić information content (AvgIpc) is 3.23. The Kier molecular flexibility index (Phi) is 9.57. The van der Waals surface area contributed by atoms with Gasteiger partial charge >= 0.3 is 11.9 Å². The van der Waals surface area contributed by atoms with Crippen LogP contribution in [-0.2, 0) is 23.9 Å². The van der Waals surface area contributed by atoms with Gasteiger partial charge in [0.1, 0.15) is 0 Å². The van der Waals surface area contributed by atoms with Crippen LogP contribution in [0.15, 0.2) is 53.0 Å². The van der Waals surface area contributed by atoms with Gasteiger partial charge in [0.05, 0.1) is 24.6 Å². The van der Waals surface area contributed by atoms with Crippen LogP contribution in [0.3, 0.4) is 0 Å². The highest BCUT2D eigenvalue weighted by molar-refractivity contribution is 9.10. The van der Waals surface area contributed by atoms with Gasteiger partial charge in [-0.15, -0.1) is 0 Å². The van der Waals surface area contributed by atoms with E-state index in [0.717, 1.165) is 22.3 Å². The first kappa shape index (κ1) is 26.9. The predicted molar refractivity (Wildman–Crippen MR) is 133 cm³/mol. The first-order valence-corrected chi connectivity index (χ1v) is 12.2. The smallest absolute Gasteiger partial charge is 0.338 e. The number of rotatable bonds is 10. The zero-order valence-electron chi connectivity index (χ0n) is 19.6. The lowest BCUT2D eigenvalue weighted by atomic mass is 10.1. The van der Waals surface area contributed by atoms with Crippen molar-refractivity contribution in [2.75, 3.05) is 25.1 Å². The molecule has 0 aliphatic carbocycles. The summed E-state index contributed by atoms with van der Waals surface area (Å²) in [6.07, 6.45) is 1.56. The molecule has 0 spiro atoms. The third-order valence-electron chi connectivity index (χ3n) is 5.28. The second kappa shape index (κ2) is 12.8. The van der Waals surface area contributed by atoms with Gasteiger partial charge in [-0.2, -0.15) is 0 Å². The van der Waals surface area contributed by atoms with Gasteiger partial charge in [0.25, 0.3) is 11.8 Å². The summed E-state index contributed by atoms with van der Waals surface area (Å²) < 4.78 is 11.0. The quantitative estimate of drug-likeness (QED) is 0.337. The number of nitrogens with one attached hydrogen (secondary N) is 2. The number of nitrogens with zero attached hydrogens (tertiary/aromatic N) is 1. The normalized spacial score (nSPS) is 14.8. The number of amides is 3. The van der Waals surface area contributed by atoms with Crippen LogP contribution in [0.4, 0.5) is 5.69 Å². The molecule has 1 heterocycles. The van der Waals surface area contributed by atoms with Gasteiger partial charge < -0.3 is 14.8 Å². The summed E-state index contributed by atoms with van der Waals surface area (Å²) in [5.74, 6) is -3.46. The lowest BCUT2D eigenvalue weighted by Crippen LogP contribution is -2.43. The van der Waals surface area contributed by atoms with Gasteiger partial charge in [-0.1, -0.05) is 29.3 Å². The lowest BCUT2D eigenvalue weighted by molar-refractivity contribution is -0.151. The topological polar surface area (TPSA) is 131 Å². The third-order valence-corrected chi connectivity index (χ3v) is 5.81. The fraction of sp³-hybridized carbons (Fsp3) is 0.320. The Labute approximate surface area is 216 Å². The van der Waals surface area contributed by atoms with Crippen molar-refractivity contribution < 1.29 is 33.4 Å². The van der Waals surface area contributed by atoms with E-state index in [1.807, 2.05) is 6.92 Å². The minimum atomic E-state index is -0.812. The average molecular weight is 560 g/mol. The predicted octanol–water partition coefficient (Wildman–Crippen LogP) is 3.08. The molecule has 0 radical (unpaired) electrons. The van der Waals surface area contributed by atoms with E-state index in [1.165, 1.54) is 24.3 Å². The second-order valence-corrected chi connectivity index (χ2v) is 8.99. The first-order valence-electron chi connectivity index (χ1n) is 11.4. The van der Waals surface area contributed by atoms with Crippen molar-refractivity contribution in [2.45, 2.75) is 26.2 Å². The Bertz CT molecular complexity index is 1120. The summed E-state index contributed by atoms with van der Waals surface area (Å²) in [5.41, 5.74) is 3.61. The molecule has 10 nitrogen and oxygen atoms in total. The van der Waals surface area contributed by atoms with Crippen molar-refractivity contribution in [2.24, 2.45) is 5.92 Å². The maximum atomic E-state index is 12.4. The maximum Gasteiger partial charge on any atom is 0.338 e. The van der Waals surface area contributed by atoms with Crippen molar-refractivity contribution >= 4 is 51.3 Å². The number of hydrazine groups is 1. The van der Waals surface area contributed by atoms with Crippen molar-refractivity contribution in [3.63, 3.8) is 0 Å². The lowest BCUT2D eigenvalue weighted by Gasteiger charge is -2.17. The van der Waals surface area contributed by atoms with Crippen LogP contribution < -0.4 is 10.7 Å². The van der Waals surface area contributed by atoms with Crippen molar-refractivity contribution in [3.05, 3.63) is 64.1 Å². The summed E-state index contributed by atoms with van der Waals surface area (Å²) >= 11 is 3.28. The molecule has 0 saturated carbocycles. The maximum absolute atomic E-state index is 12.4. The molecule has 0 bridgehead atoms. The minimum absolute atomic E-state index is 0.0582. The van der Waals surface area contributed by atoms with Gasteiger partial charge in [0, 0.05) is 22.1 Å². The van der Waals surface area contributed by atoms with E-state index in [4.69, 9.17) is 9.47 Å². The standard InChI is InChI=1S/C25H26BrN3O7/c1-2-3-12-35-24(33)17-6-10-20(11-7-17)27-21(30)15-36-25(34)18-13-22(31)29(14-18)28-23(32)16-4-8-19(26)9-5-16/h4-11,18H,2-3,12-15H2,1H3,(H,27,30)(H,28,32)/t18-/m0/s1. The molecule has 1 aliphatic heterocycles. The molecule has 1 saturated heterocycles. The summed E-state index contributed by atoms with van der Waals surface area (Å²) in [6, 6.07) is 12.7. The van der Waals surface area contributed by atoms with E-state index in [0.29, 0.717) is 23.4 Å². The third kappa shape index (κ3) is 7.64. The minimum Gasteiger partial charge on any atom is -0.462 e. The molecule has 11 heteroatoms. The van der Waals surface area contributed by atoms with Gasteiger partial charge in [0.15, 0.2) is 6.61 Å². The number of esters is 2. The zero-order valence-corrected chi connectivity index (χ0v) is 21.2. The van der Waals surface area contributed by atoms with Crippen LogP contribution in [0.5, 0.6) is 0 Å². The molecule has 1 atom stereocenters.